The highest BCUT2D eigenvalue weighted by Crippen LogP contribution is 2.29. The second-order valence-electron chi connectivity index (χ2n) is 6.38. The van der Waals surface area contributed by atoms with Crippen LogP contribution in [0.1, 0.15) is 35.2 Å². The van der Waals surface area contributed by atoms with Crippen molar-refractivity contribution >= 4 is 33.2 Å². The van der Waals surface area contributed by atoms with Crippen LogP contribution in [0.2, 0.25) is 5.02 Å². The number of nitrogens with one attached hydrogen (secondary N) is 1. The monoisotopic (exact) mass is 392 g/mol. The van der Waals surface area contributed by atoms with Crippen molar-refractivity contribution in [1.82, 2.24) is 4.31 Å². The molecule has 0 aromatic heterocycles. The fourth-order valence-electron chi connectivity index (χ4n) is 3.05. The van der Waals surface area contributed by atoms with E-state index in [1.807, 2.05) is 19.1 Å². The average Bonchev–Trinajstić information content (AvgIpc) is 2.64. The molecule has 1 amide bonds. The van der Waals surface area contributed by atoms with Gasteiger partial charge in [0.2, 0.25) is 10.0 Å². The molecule has 1 heterocycles. The third kappa shape index (κ3) is 3.92. The van der Waals surface area contributed by atoms with Gasteiger partial charge >= 0.3 is 0 Å². The van der Waals surface area contributed by atoms with Gasteiger partial charge in [-0.3, -0.25) is 4.79 Å². The fraction of sp³-hybridized carbons (Fsp3) is 0.316. The fourth-order valence-corrected chi connectivity index (χ4v) is 5.07. The number of carbonyl (C=O) groups is 1. The number of hydrogen-bond donors (Lipinski definition) is 1. The normalized spacial score (nSPS) is 15.6. The quantitative estimate of drug-likeness (QED) is 0.852. The van der Waals surface area contributed by atoms with Gasteiger partial charge in [-0.1, -0.05) is 36.2 Å². The summed E-state index contributed by atoms with van der Waals surface area (Å²) in [6.07, 6.45) is 2.73. The molecule has 5 nitrogen and oxygen atoms in total. The number of carbonyl (C=O) groups excluding carboxylic acids is 1. The van der Waals surface area contributed by atoms with Crippen molar-refractivity contribution < 1.29 is 13.2 Å². The van der Waals surface area contributed by atoms with E-state index in [4.69, 9.17) is 11.6 Å². The first-order valence-electron chi connectivity index (χ1n) is 8.56. The van der Waals surface area contributed by atoms with E-state index in [0.717, 1.165) is 24.8 Å². The predicted octanol–water partition coefficient (Wildman–Crippen LogP) is 4.08. The molecule has 0 atom stereocenters. The van der Waals surface area contributed by atoms with E-state index in [9.17, 15) is 13.2 Å². The summed E-state index contributed by atoms with van der Waals surface area (Å²) < 4.78 is 27.3. The smallest absolute Gasteiger partial charge is 0.255 e. The lowest BCUT2D eigenvalue weighted by molar-refractivity contribution is 0.102. The molecule has 138 valence electrons. The molecule has 7 heteroatoms. The standard InChI is InChI=1S/C19H21ClN2O3S/c1-14-7-3-4-8-16(14)19(23)21-15-9-10-17(20)18(13-15)26(24,25)22-11-5-2-6-12-22/h3-4,7-10,13H,2,5-6,11-12H2,1H3,(H,21,23). The molecule has 2 aromatic rings. The van der Waals surface area contributed by atoms with Gasteiger partial charge in [0.25, 0.3) is 5.91 Å². The Bertz CT molecular complexity index is 922. The molecular weight excluding hydrogens is 372 g/mol. The lowest BCUT2D eigenvalue weighted by Gasteiger charge is -2.26. The Morgan fingerprint density at radius 1 is 1.08 bits per heavy atom. The Kier molecular flexibility index (Phi) is 5.65. The van der Waals surface area contributed by atoms with Gasteiger partial charge in [-0.2, -0.15) is 4.31 Å². The molecule has 1 saturated heterocycles. The number of nitrogens with zero attached hydrogens (tertiary/aromatic N) is 1. The number of piperidine rings is 1. The van der Waals surface area contributed by atoms with E-state index in [1.54, 1.807) is 18.2 Å². The Morgan fingerprint density at radius 3 is 2.46 bits per heavy atom. The van der Waals surface area contributed by atoms with Gasteiger partial charge in [0.15, 0.2) is 0 Å². The van der Waals surface area contributed by atoms with Crippen LogP contribution < -0.4 is 5.32 Å². The molecule has 1 N–H and O–H groups in total. The first kappa shape index (κ1) is 18.9. The molecule has 1 fully saturated rings. The first-order chi connectivity index (χ1) is 12.4. The number of anilines is 1. The second-order valence-corrected chi connectivity index (χ2v) is 8.69. The summed E-state index contributed by atoms with van der Waals surface area (Å²) in [5.41, 5.74) is 1.79. The third-order valence-corrected chi connectivity index (χ3v) is 6.89. The van der Waals surface area contributed by atoms with Gasteiger partial charge in [-0.15, -0.1) is 0 Å². The first-order valence-corrected chi connectivity index (χ1v) is 10.4. The SMILES string of the molecule is Cc1ccccc1C(=O)Nc1ccc(Cl)c(S(=O)(=O)N2CCCCC2)c1. The summed E-state index contributed by atoms with van der Waals surface area (Å²) in [5, 5.41) is 2.92. The number of halogens is 1. The number of hydrogen-bond acceptors (Lipinski definition) is 3. The number of aryl methyl sites for hydroxylation is 1. The minimum atomic E-state index is -3.67. The molecule has 0 radical (unpaired) electrons. The van der Waals surface area contributed by atoms with Gasteiger partial charge < -0.3 is 5.32 Å². The van der Waals surface area contributed by atoms with E-state index in [2.05, 4.69) is 5.32 Å². The van der Waals surface area contributed by atoms with Crippen LogP contribution in [0.15, 0.2) is 47.4 Å². The highest BCUT2D eigenvalue weighted by molar-refractivity contribution is 7.89. The summed E-state index contributed by atoms with van der Waals surface area (Å²) in [6, 6.07) is 11.8. The van der Waals surface area contributed by atoms with Gasteiger partial charge in [0.1, 0.15) is 4.90 Å². The van der Waals surface area contributed by atoms with Crippen molar-refractivity contribution in [2.24, 2.45) is 0 Å². The van der Waals surface area contributed by atoms with E-state index >= 15 is 0 Å². The Balaban J connectivity index is 1.88. The minimum absolute atomic E-state index is 0.0312. The zero-order valence-corrected chi connectivity index (χ0v) is 16.1. The number of rotatable bonds is 4. The highest BCUT2D eigenvalue weighted by atomic mass is 35.5. The van der Waals surface area contributed by atoms with E-state index in [1.165, 1.54) is 16.4 Å². The summed E-state index contributed by atoms with van der Waals surface area (Å²) >= 11 is 6.16. The maximum atomic E-state index is 12.9. The van der Waals surface area contributed by atoms with Crippen LogP contribution >= 0.6 is 11.6 Å². The van der Waals surface area contributed by atoms with Crippen LogP contribution in [0.3, 0.4) is 0 Å². The number of benzene rings is 2. The molecule has 0 saturated carbocycles. The Morgan fingerprint density at radius 2 is 1.77 bits per heavy atom. The molecule has 26 heavy (non-hydrogen) atoms. The molecule has 0 bridgehead atoms. The van der Waals surface area contributed by atoms with Crippen molar-refractivity contribution in [2.75, 3.05) is 18.4 Å². The zero-order chi connectivity index (χ0) is 18.7. The minimum Gasteiger partial charge on any atom is -0.322 e. The van der Waals surface area contributed by atoms with Gasteiger partial charge in [-0.05, 0) is 49.6 Å². The second kappa shape index (κ2) is 7.78. The van der Waals surface area contributed by atoms with Crippen LogP contribution in [0.25, 0.3) is 0 Å². The third-order valence-electron chi connectivity index (χ3n) is 4.51. The average molecular weight is 393 g/mol. The van der Waals surface area contributed by atoms with Crippen LogP contribution in [0.5, 0.6) is 0 Å². The Hall–Kier alpha value is -1.89. The number of sulfonamides is 1. The molecule has 1 aliphatic heterocycles. The van der Waals surface area contributed by atoms with Crippen molar-refractivity contribution in [3.05, 3.63) is 58.6 Å². The van der Waals surface area contributed by atoms with Crippen LogP contribution in [-0.4, -0.2) is 31.7 Å². The van der Waals surface area contributed by atoms with Crippen molar-refractivity contribution in [3.63, 3.8) is 0 Å². The van der Waals surface area contributed by atoms with E-state index in [0.29, 0.717) is 24.3 Å². The largest absolute Gasteiger partial charge is 0.322 e. The van der Waals surface area contributed by atoms with Gasteiger partial charge in [0, 0.05) is 24.3 Å². The van der Waals surface area contributed by atoms with Crippen molar-refractivity contribution in [1.29, 1.82) is 0 Å². The van der Waals surface area contributed by atoms with Crippen LogP contribution in [-0.2, 0) is 10.0 Å². The maximum Gasteiger partial charge on any atom is 0.255 e. The summed E-state index contributed by atoms with van der Waals surface area (Å²) in [5.74, 6) is -0.285. The lowest BCUT2D eigenvalue weighted by atomic mass is 10.1. The van der Waals surface area contributed by atoms with Gasteiger partial charge in [-0.25, -0.2) is 8.42 Å². The maximum absolute atomic E-state index is 12.9. The van der Waals surface area contributed by atoms with Crippen molar-refractivity contribution in [3.8, 4) is 0 Å². The summed E-state index contributed by atoms with van der Waals surface area (Å²) in [4.78, 5) is 12.5. The van der Waals surface area contributed by atoms with Crippen LogP contribution in [0, 0.1) is 6.92 Å². The molecular formula is C19H21ClN2O3S. The molecule has 2 aromatic carbocycles. The highest BCUT2D eigenvalue weighted by Gasteiger charge is 2.28. The molecule has 0 aliphatic carbocycles. The molecule has 3 rings (SSSR count). The van der Waals surface area contributed by atoms with E-state index in [-0.39, 0.29) is 15.8 Å². The topological polar surface area (TPSA) is 66.5 Å². The van der Waals surface area contributed by atoms with Crippen molar-refractivity contribution in [2.45, 2.75) is 31.1 Å². The van der Waals surface area contributed by atoms with Crippen LogP contribution in [0.4, 0.5) is 5.69 Å². The number of amides is 1. The zero-order valence-electron chi connectivity index (χ0n) is 14.5. The van der Waals surface area contributed by atoms with E-state index < -0.39 is 10.0 Å². The molecule has 1 aliphatic rings. The summed E-state index contributed by atoms with van der Waals surface area (Å²) in [7, 11) is -3.67. The molecule has 0 unspecified atom stereocenters. The molecule has 0 spiro atoms. The Labute approximate surface area is 159 Å². The predicted molar refractivity (Wildman–Crippen MR) is 103 cm³/mol. The lowest BCUT2D eigenvalue weighted by Crippen LogP contribution is -2.35. The summed E-state index contributed by atoms with van der Waals surface area (Å²) in [6.45, 7) is 2.85. The van der Waals surface area contributed by atoms with Gasteiger partial charge in [0.05, 0.1) is 5.02 Å².